The fourth-order valence-corrected chi connectivity index (χ4v) is 2.07. The van der Waals surface area contributed by atoms with E-state index in [4.69, 9.17) is 57.2 Å². The number of rotatable bonds is 2. The summed E-state index contributed by atoms with van der Waals surface area (Å²) < 4.78 is 0. The van der Waals surface area contributed by atoms with Crippen LogP contribution in [0, 0.1) is 0 Å². The molecule has 0 fully saturated rings. The first-order valence-corrected chi connectivity index (χ1v) is 5.15. The molecule has 0 saturated carbocycles. The molecule has 0 spiro atoms. The number of hydrogen-bond acceptors (Lipinski definition) is 2. The third-order valence-corrected chi connectivity index (χ3v) is 3.51. The summed E-state index contributed by atoms with van der Waals surface area (Å²) in [6.07, 6.45) is 0. The molecule has 0 saturated heterocycles. The van der Waals surface area contributed by atoms with Crippen LogP contribution >= 0.6 is 46.4 Å². The van der Waals surface area contributed by atoms with Gasteiger partial charge in [0.1, 0.15) is 0 Å². The molecule has 4 nitrogen and oxygen atoms in total. The molecule has 0 bridgehead atoms. The molecule has 1 aromatic carbocycles. The summed E-state index contributed by atoms with van der Waals surface area (Å²) in [4.78, 5) is 21.8. The Morgan fingerprint density at radius 2 is 1.25 bits per heavy atom. The average molecular weight is 302 g/mol. The van der Waals surface area contributed by atoms with Gasteiger partial charge in [-0.25, -0.2) is 4.79 Å². The van der Waals surface area contributed by atoms with E-state index in [1.54, 1.807) is 0 Å². The van der Waals surface area contributed by atoms with Crippen LogP contribution in [0.1, 0.15) is 20.7 Å². The number of hydrogen-bond donors (Lipinski definition) is 1. The SMILES string of the molecule is [NH]C(=O)c1c(Cl)c(Cl)c(Cl)c(Cl)c1C(=O)O. The van der Waals surface area contributed by atoms with E-state index < -0.39 is 33.0 Å². The molecule has 2 N–H and O–H groups in total. The Kier molecular flexibility index (Phi) is 3.91. The summed E-state index contributed by atoms with van der Waals surface area (Å²) in [7, 11) is 0. The van der Waals surface area contributed by atoms with Gasteiger partial charge in [0.15, 0.2) is 0 Å². The third-order valence-electron chi connectivity index (χ3n) is 1.71. The van der Waals surface area contributed by atoms with Crippen molar-refractivity contribution in [3.63, 3.8) is 0 Å². The summed E-state index contributed by atoms with van der Waals surface area (Å²) in [6, 6.07) is 0. The van der Waals surface area contributed by atoms with Crippen LogP contribution in [0.2, 0.25) is 20.1 Å². The Labute approximate surface area is 110 Å². The van der Waals surface area contributed by atoms with Gasteiger partial charge in [-0.3, -0.25) is 10.5 Å². The molecule has 0 aliphatic heterocycles. The lowest BCUT2D eigenvalue weighted by Gasteiger charge is -2.10. The van der Waals surface area contributed by atoms with Gasteiger partial charge in [-0.2, -0.15) is 0 Å². The Morgan fingerprint density at radius 3 is 1.56 bits per heavy atom. The van der Waals surface area contributed by atoms with Crippen LogP contribution in [0.15, 0.2) is 0 Å². The molecule has 0 unspecified atom stereocenters. The number of amides is 1. The highest BCUT2D eigenvalue weighted by Crippen LogP contribution is 2.41. The standard InChI is InChI=1S/C8H2Cl4NO3/c9-3-1(7(13)14)2(8(15)16)4(10)6(12)5(3)11/h13H,(H,15,16). The van der Waals surface area contributed by atoms with Crippen LogP contribution in [0.25, 0.3) is 0 Å². The molecule has 85 valence electrons. The first kappa shape index (κ1) is 13.4. The van der Waals surface area contributed by atoms with Crippen LogP contribution < -0.4 is 5.73 Å². The summed E-state index contributed by atoms with van der Waals surface area (Å²) >= 11 is 22.5. The number of aromatic carboxylic acids is 1. The minimum Gasteiger partial charge on any atom is -0.478 e. The fourth-order valence-electron chi connectivity index (χ4n) is 1.05. The highest BCUT2D eigenvalue weighted by atomic mass is 35.5. The van der Waals surface area contributed by atoms with E-state index in [9.17, 15) is 9.59 Å². The zero-order valence-electron chi connectivity index (χ0n) is 7.28. The Morgan fingerprint density at radius 1 is 0.875 bits per heavy atom. The Hall–Kier alpha value is -0.680. The highest BCUT2D eigenvalue weighted by Gasteiger charge is 2.27. The largest absolute Gasteiger partial charge is 0.478 e. The van der Waals surface area contributed by atoms with Crippen molar-refractivity contribution < 1.29 is 14.7 Å². The molecule has 0 atom stereocenters. The molecular formula is C8H2Cl4NO3. The van der Waals surface area contributed by atoms with Crippen molar-refractivity contribution in [2.45, 2.75) is 0 Å². The van der Waals surface area contributed by atoms with Gasteiger partial charge < -0.3 is 5.11 Å². The van der Waals surface area contributed by atoms with Crippen LogP contribution in [0.5, 0.6) is 0 Å². The lowest BCUT2D eigenvalue weighted by Crippen LogP contribution is -2.11. The predicted octanol–water partition coefficient (Wildman–Crippen LogP) is 3.42. The molecule has 16 heavy (non-hydrogen) atoms. The van der Waals surface area contributed by atoms with Gasteiger partial charge in [-0.1, -0.05) is 46.4 Å². The van der Waals surface area contributed by atoms with Gasteiger partial charge >= 0.3 is 5.97 Å². The second-order valence-electron chi connectivity index (χ2n) is 2.64. The van der Waals surface area contributed by atoms with E-state index in [0.29, 0.717) is 0 Å². The van der Waals surface area contributed by atoms with Crippen molar-refractivity contribution in [1.29, 1.82) is 0 Å². The maximum absolute atomic E-state index is 11.0. The number of carboxylic acid groups (broad SMARTS) is 1. The average Bonchev–Trinajstić information content (AvgIpc) is 2.18. The number of carbonyl (C=O) groups is 2. The van der Waals surface area contributed by atoms with Crippen LogP contribution in [-0.4, -0.2) is 17.0 Å². The zero-order chi connectivity index (χ0) is 12.6. The van der Waals surface area contributed by atoms with Gasteiger partial charge in [0, 0.05) is 0 Å². The number of carboxylic acids is 1. The number of halogens is 4. The monoisotopic (exact) mass is 300 g/mol. The molecule has 0 heterocycles. The lowest BCUT2D eigenvalue weighted by atomic mass is 10.1. The fraction of sp³-hybridized carbons (Fsp3) is 0. The van der Waals surface area contributed by atoms with Crippen molar-refractivity contribution in [2.24, 2.45) is 0 Å². The van der Waals surface area contributed by atoms with Gasteiger partial charge in [-0.15, -0.1) is 0 Å². The molecule has 1 rings (SSSR count). The minimum atomic E-state index is -1.51. The second kappa shape index (κ2) is 4.67. The van der Waals surface area contributed by atoms with Crippen molar-refractivity contribution in [3.05, 3.63) is 31.2 Å². The maximum atomic E-state index is 11.0. The minimum absolute atomic E-state index is 0.256. The molecule has 0 aromatic heterocycles. The topological polar surface area (TPSA) is 78.2 Å². The lowest BCUT2D eigenvalue weighted by molar-refractivity contribution is 0.0692. The number of nitrogens with one attached hydrogen (secondary N) is 1. The van der Waals surface area contributed by atoms with Crippen LogP contribution in [0.4, 0.5) is 0 Å². The molecule has 1 aromatic rings. The first-order chi connectivity index (χ1) is 7.29. The molecule has 8 heteroatoms. The van der Waals surface area contributed by atoms with Crippen molar-refractivity contribution in [2.75, 3.05) is 0 Å². The van der Waals surface area contributed by atoms with E-state index in [0.717, 1.165) is 0 Å². The Bertz CT molecular complexity index is 456. The van der Waals surface area contributed by atoms with Gasteiger partial charge in [-0.05, 0) is 0 Å². The summed E-state index contributed by atoms with van der Waals surface area (Å²) in [5, 5.41) is 7.52. The Balaban J connectivity index is 3.83. The maximum Gasteiger partial charge on any atom is 0.338 e. The molecular weight excluding hydrogens is 300 g/mol. The highest BCUT2D eigenvalue weighted by molar-refractivity contribution is 6.54. The number of benzene rings is 1. The quantitative estimate of drug-likeness (QED) is 0.671. The van der Waals surface area contributed by atoms with Gasteiger partial charge in [0.2, 0.25) is 0 Å². The number of carbonyl (C=O) groups excluding carboxylic acids is 1. The van der Waals surface area contributed by atoms with E-state index in [1.807, 2.05) is 0 Å². The third kappa shape index (κ3) is 2.06. The van der Waals surface area contributed by atoms with Gasteiger partial charge in [0.05, 0.1) is 31.2 Å². The zero-order valence-corrected chi connectivity index (χ0v) is 10.3. The van der Waals surface area contributed by atoms with E-state index >= 15 is 0 Å². The summed E-state index contributed by atoms with van der Waals surface area (Å²) in [5.41, 5.74) is 5.71. The molecule has 0 aliphatic rings. The van der Waals surface area contributed by atoms with E-state index in [1.165, 1.54) is 0 Å². The molecule has 0 aliphatic carbocycles. The summed E-state index contributed by atoms with van der Waals surface area (Å²) in [6.45, 7) is 0. The van der Waals surface area contributed by atoms with Crippen LogP contribution in [-0.2, 0) is 0 Å². The normalized spacial score (nSPS) is 10.2. The van der Waals surface area contributed by atoms with Crippen molar-refractivity contribution >= 4 is 58.3 Å². The van der Waals surface area contributed by atoms with Gasteiger partial charge in [0.25, 0.3) is 5.91 Å². The smallest absolute Gasteiger partial charge is 0.338 e. The van der Waals surface area contributed by atoms with E-state index in [-0.39, 0.29) is 10.0 Å². The van der Waals surface area contributed by atoms with Crippen molar-refractivity contribution in [3.8, 4) is 0 Å². The first-order valence-electron chi connectivity index (χ1n) is 3.64. The predicted molar refractivity (Wildman–Crippen MR) is 60.9 cm³/mol. The van der Waals surface area contributed by atoms with E-state index in [2.05, 4.69) is 0 Å². The second-order valence-corrected chi connectivity index (χ2v) is 4.15. The summed E-state index contributed by atoms with van der Waals surface area (Å²) in [5.74, 6) is -2.82. The molecule has 1 amide bonds. The van der Waals surface area contributed by atoms with Crippen LogP contribution in [0.3, 0.4) is 0 Å². The van der Waals surface area contributed by atoms with Crippen molar-refractivity contribution in [1.82, 2.24) is 5.73 Å². The molecule has 1 radical (unpaired) electrons.